The molecule has 0 saturated carbocycles. The minimum absolute atomic E-state index is 0.0593. The third-order valence-corrected chi connectivity index (χ3v) is 4.78. The Bertz CT molecular complexity index is 610. The standard InChI is InChI=1S/C20H31N3O3/c1-4-19(24)22-16-6-7-18(23-11-8-15(2)9-12-23)17(14-16)20(25)21-10-5-13-26-3/h6-7,14-15H,4-5,8-13H2,1-3H3,(H,21,25)(H,22,24). The number of piperidine rings is 1. The van der Waals surface area contributed by atoms with Gasteiger partial charge in [-0.15, -0.1) is 0 Å². The fraction of sp³-hybridized carbons (Fsp3) is 0.600. The molecule has 2 N–H and O–H groups in total. The zero-order chi connectivity index (χ0) is 18.9. The number of carbonyl (C=O) groups excluding carboxylic acids is 2. The lowest BCUT2D eigenvalue weighted by atomic mass is 9.97. The zero-order valence-corrected chi connectivity index (χ0v) is 16.1. The topological polar surface area (TPSA) is 70.7 Å². The van der Waals surface area contributed by atoms with Crippen molar-refractivity contribution in [2.24, 2.45) is 5.92 Å². The van der Waals surface area contributed by atoms with Crippen LogP contribution in [-0.2, 0) is 9.53 Å². The highest BCUT2D eigenvalue weighted by atomic mass is 16.5. The predicted molar refractivity (Wildman–Crippen MR) is 105 cm³/mol. The smallest absolute Gasteiger partial charge is 0.253 e. The Morgan fingerprint density at radius 3 is 2.65 bits per heavy atom. The molecule has 1 fully saturated rings. The molecule has 6 nitrogen and oxygen atoms in total. The van der Waals surface area contributed by atoms with Crippen molar-refractivity contribution >= 4 is 23.2 Å². The van der Waals surface area contributed by atoms with E-state index < -0.39 is 0 Å². The highest BCUT2D eigenvalue weighted by Crippen LogP contribution is 2.28. The summed E-state index contributed by atoms with van der Waals surface area (Å²) >= 11 is 0. The number of methoxy groups -OCH3 is 1. The monoisotopic (exact) mass is 361 g/mol. The molecule has 26 heavy (non-hydrogen) atoms. The zero-order valence-electron chi connectivity index (χ0n) is 16.1. The van der Waals surface area contributed by atoms with Gasteiger partial charge in [-0.25, -0.2) is 0 Å². The first kappa shape index (κ1) is 20.2. The van der Waals surface area contributed by atoms with E-state index in [-0.39, 0.29) is 11.8 Å². The van der Waals surface area contributed by atoms with Gasteiger partial charge in [-0.05, 0) is 43.4 Å². The fourth-order valence-corrected chi connectivity index (χ4v) is 3.08. The van der Waals surface area contributed by atoms with Gasteiger partial charge in [-0.2, -0.15) is 0 Å². The Morgan fingerprint density at radius 1 is 1.27 bits per heavy atom. The van der Waals surface area contributed by atoms with Crippen molar-refractivity contribution in [3.63, 3.8) is 0 Å². The first-order chi connectivity index (χ1) is 12.5. The molecule has 1 aromatic rings. The van der Waals surface area contributed by atoms with E-state index in [9.17, 15) is 9.59 Å². The van der Waals surface area contributed by atoms with Gasteiger partial charge < -0.3 is 20.3 Å². The summed E-state index contributed by atoms with van der Waals surface area (Å²) in [6, 6.07) is 5.61. The molecular weight excluding hydrogens is 330 g/mol. The van der Waals surface area contributed by atoms with E-state index in [0.29, 0.717) is 30.8 Å². The van der Waals surface area contributed by atoms with Gasteiger partial charge in [0, 0.05) is 51.1 Å². The van der Waals surface area contributed by atoms with Crippen LogP contribution in [0.2, 0.25) is 0 Å². The number of hydrogen-bond acceptors (Lipinski definition) is 4. The van der Waals surface area contributed by atoms with E-state index in [1.807, 2.05) is 19.1 Å². The summed E-state index contributed by atoms with van der Waals surface area (Å²) in [5, 5.41) is 5.80. The predicted octanol–water partition coefficient (Wildman–Crippen LogP) is 3.04. The molecule has 1 aromatic carbocycles. The maximum atomic E-state index is 12.8. The quantitative estimate of drug-likeness (QED) is 0.698. The van der Waals surface area contributed by atoms with Crippen LogP contribution in [0.25, 0.3) is 0 Å². The number of benzene rings is 1. The van der Waals surface area contributed by atoms with Crippen molar-refractivity contribution < 1.29 is 14.3 Å². The van der Waals surface area contributed by atoms with Crippen LogP contribution in [0.1, 0.15) is 49.9 Å². The molecule has 2 amide bonds. The SMILES string of the molecule is CCC(=O)Nc1ccc(N2CCC(C)CC2)c(C(=O)NCCCOC)c1. The Labute approximate surface area is 156 Å². The van der Waals surface area contributed by atoms with Gasteiger partial charge in [0.15, 0.2) is 0 Å². The number of ether oxygens (including phenoxy) is 1. The first-order valence-corrected chi connectivity index (χ1v) is 9.51. The minimum Gasteiger partial charge on any atom is -0.385 e. The van der Waals surface area contributed by atoms with Gasteiger partial charge >= 0.3 is 0 Å². The minimum atomic E-state index is -0.109. The number of carbonyl (C=O) groups is 2. The summed E-state index contributed by atoms with van der Waals surface area (Å²) in [5.74, 6) is 0.555. The molecule has 0 atom stereocenters. The summed E-state index contributed by atoms with van der Waals surface area (Å²) in [4.78, 5) is 26.7. The molecule has 0 aliphatic carbocycles. The molecule has 1 heterocycles. The number of nitrogens with one attached hydrogen (secondary N) is 2. The van der Waals surface area contributed by atoms with Crippen LogP contribution < -0.4 is 15.5 Å². The molecule has 1 aliphatic rings. The molecule has 0 aromatic heterocycles. The average molecular weight is 361 g/mol. The molecule has 6 heteroatoms. The highest BCUT2D eigenvalue weighted by Gasteiger charge is 2.21. The Hall–Kier alpha value is -2.08. The number of nitrogens with zero attached hydrogens (tertiary/aromatic N) is 1. The Morgan fingerprint density at radius 2 is 2.00 bits per heavy atom. The van der Waals surface area contributed by atoms with E-state index in [2.05, 4.69) is 22.5 Å². The second kappa shape index (κ2) is 10.2. The second-order valence-corrected chi connectivity index (χ2v) is 6.91. The third-order valence-electron chi connectivity index (χ3n) is 4.78. The first-order valence-electron chi connectivity index (χ1n) is 9.51. The maximum Gasteiger partial charge on any atom is 0.253 e. The third kappa shape index (κ3) is 5.73. The lowest BCUT2D eigenvalue weighted by Gasteiger charge is -2.33. The molecule has 2 rings (SSSR count). The van der Waals surface area contributed by atoms with Crippen molar-refractivity contribution in [1.29, 1.82) is 0 Å². The molecule has 0 spiro atoms. The largest absolute Gasteiger partial charge is 0.385 e. The van der Waals surface area contributed by atoms with E-state index in [1.165, 1.54) is 0 Å². The van der Waals surface area contributed by atoms with Crippen LogP contribution in [0.4, 0.5) is 11.4 Å². The molecule has 0 radical (unpaired) electrons. The molecule has 1 aliphatic heterocycles. The van der Waals surface area contributed by atoms with Crippen LogP contribution in [0.3, 0.4) is 0 Å². The molecular formula is C20H31N3O3. The van der Waals surface area contributed by atoms with Gasteiger partial charge in [0.25, 0.3) is 5.91 Å². The van der Waals surface area contributed by atoms with Crippen LogP contribution >= 0.6 is 0 Å². The second-order valence-electron chi connectivity index (χ2n) is 6.91. The van der Waals surface area contributed by atoms with Crippen molar-refractivity contribution in [2.45, 2.75) is 39.5 Å². The lowest BCUT2D eigenvalue weighted by Crippen LogP contribution is -2.35. The van der Waals surface area contributed by atoms with Crippen molar-refractivity contribution in [3.05, 3.63) is 23.8 Å². The van der Waals surface area contributed by atoms with Gasteiger partial charge in [-0.3, -0.25) is 9.59 Å². The van der Waals surface area contributed by atoms with Gasteiger partial charge in [0.1, 0.15) is 0 Å². The fourth-order valence-electron chi connectivity index (χ4n) is 3.08. The molecule has 1 saturated heterocycles. The molecule has 0 bridgehead atoms. The number of hydrogen-bond donors (Lipinski definition) is 2. The summed E-state index contributed by atoms with van der Waals surface area (Å²) in [5.41, 5.74) is 2.22. The number of rotatable bonds is 8. The summed E-state index contributed by atoms with van der Waals surface area (Å²) in [7, 11) is 1.65. The highest BCUT2D eigenvalue weighted by molar-refractivity contribution is 6.02. The number of anilines is 2. The van der Waals surface area contributed by atoms with Crippen LogP contribution in [0, 0.1) is 5.92 Å². The van der Waals surface area contributed by atoms with Gasteiger partial charge in [0.2, 0.25) is 5.91 Å². The van der Waals surface area contributed by atoms with Crippen LogP contribution in [0.15, 0.2) is 18.2 Å². The van der Waals surface area contributed by atoms with Crippen LogP contribution in [0.5, 0.6) is 0 Å². The normalized spacial score (nSPS) is 15.0. The van der Waals surface area contributed by atoms with Crippen molar-refractivity contribution in [1.82, 2.24) is 5.32 Å². The Kier molecular flexibility index (Phi) is 7.91. The Balaban J connectivity index is 2.19. The summed E-state index contributed by atoms with van der Waals surface area (Å²) in [6.45, 7) is 7.15. The summed E-state index contributed by atoms with van der Waals surface area (Å²) < 4.78 is 5.03. The molecule has 0 unspecified atom stereocenters. The summed E-state index contributed by atoms with van der Waals surface area (Å²) in [6.07, 6.45) is 3.43. The average Bonchev–Trinajstić information content (AvgIpc) is 2.65. The van der Waals surface area contributed by atoms with Gasteiger partial charge in [-0.1, -0.05) is 13.8 Å². The van der Waals surface area contributed by atoms with Crippen molar-refractivity contribution in [2.75, 3.05) is 43.6 Å². The van der Waals surface area contributed by atoms with Gasteiger partial charge in [0.05, 0.1) is 5.56 Å². The molecule has 144 valence electrons. The van der Waals surface area contributed by atoms with Crippen molar-refractivity contribution in [3.8, 4) is 0 Å². The van der Waals surface area contributed by atoms with E-state index >= 15 is 0 Å². The lowest BCUT2D eigenvalue weighted by molar-refractivity contribution is -0.115. The number of amides is 2. The van der Waals surface area contributed by atoms with E-state index in [4.69, 9.17) is 4.74 Å². The van der Waals surface area contributed by atoms with Crippen LogP contribution in [-0.4, -0.2) is 45.2 Å². The maximum absolute atomic E-state index is 12.8. The van der Waals surface area contributed by atoms with E-state index in [1.54, 1.807) is 13.2 Å². The van der Waals surface area contributed by atoms with E-state index in [0.717, 1.165) is 44.0 Å².